The Morgan fingerprint density at radius 2 is 2.12 bits per heavy atom. The summed E-state index contributed by atoms with van der Waals surface area (Å²) in [4.78, 5) is 9.29. The number of rotatable bonds is 2. The van der Waals surface area contributed by atoms with Crippen LogP contribution in [0.1, 0.15) is 5.69 Å². The minimum Gasteiger partial charge on any atom is -0.390 e. The average Bonchev–Trinajstić information content (AvgIpc) is 2.96. The van der Waals surface area contributed by atoms with Gasteiger partial charge in [0.2, 0.25) is 0 Å². The molecule has 1 aromatic heterocycles. The van der Waals surface area contributed by atoms with Crippen molar-refractivity contribution in [2.75, 3.05) is 0 Å². The number of aliphatic imine (C=N–C) groups is 1. The van der Waals surface area contributed by atoms with Gasteiger partial charge in [-0.05, 0) is 22.4 Å². The van der Waals surface area contributed by atoms with Crippen molar-refractivity contribution < 1.29 is 9.66 Å². The average molecular weight is 266 g/mol. The Bertz CT molecular complexity index is 597. The molecule has 0 spiro atoms. The molecule has 88 valence electrons. The van der Waals surface area contributed by atoms with E-state index in [0.717, 1.165) is 10.6 Å². The summed E-state index contributed by atoms with van der Waals surface area (Å²) in [6.45, 7) is -0.106. The predicted octanol–water partition coefficient (Wildman–Crippen LogP) is 3.00. The van der Waals surface area contributed by atoms with Crippen molar-refractivity contribution in [3.8, 4) is 0 Å². The highest BCUT2D eigenvalue weighted by Crippen LogP contribution is 2.64. The lowest BCUT2D eigenvalue weighted by atomic mass is 10.3. The van der Waals surface area contributed by atoms with E-state index in [-0.39, 0.29) is 6.61 Å². The van der Waals surface area contributed by atoms with Gasteiger partial charge in [0, 0.05) is 5.38 Å². The molecule has 0 saturated heterocycles. The number of aliphatic hydroxyl groups is 1. The molecule has 3 rings (SSSR count). The van der Waals surface area contributed by atoms with E-state index in [1.807, 2.05) is 24.3 Å². The number of hydrogen-bond acceptors (Lipinski definition) is 5. The molecule has 2 N–H and O–H groups in total. The highest BCUT2D eigenvalue weighted by Gasteiger charge is 2.33. The Morgan fingerprint density at radius 3 is 2.88 bits per heavy atom. The van der Waals surface area contributed by atoms with Crippen LogP contribution in [0.5, 0.6) is 0 Å². The summed E-state index contributed by atoms with van der Waals surface area (Å²) in [6, 6.07) is 7.52. The first-order chi connectivity index (χ1) is 8.24. The van der Waals surface area contributed by atoms with Crippen molar-refractivity contribution in [2.45, 2.75) is 15.8 Å². The monoisotopic (exact) mass is 266 g/mol. The number of aliphatic hydroxyl groups excluding tert-OH is 1. The van der Waals surface area contributed by atoms with E-state index in [9.17, 15) is 4.55 Å². The molecule has 2 heterocycles. The summed E-state index contributed by atoms with van der Waals surface area (Å²) in [5, 5.41) is 10.8. The van der Waals surface area contributed by atoms with Gasteiger partial charge >= 0.3 is 0 Å². The second-order valence-corrected chi connectivity index (χ2v) is 7.00. The van der Waals surface area contributed by atoms with E-state index in [4.69, 9.17) is 5.11 Å². The molecule has 1 unspecified atom stereocenters. The van der Waals surface area contributed by atoms with Gasteiger partial charge < -0.3 is 9.66 Å². The zero-order valence-corrected chi connectivity index (χ0v) is 10.4. The second-order valence-electron chi connectivity index (χ2n) is 3.59. The minimum atomic E-state index is -2.23. The van der Waals surface area contributed by atoms with E-state index in [1.54, 1.807) is 10.9 Å². The van der Waals surface area contributed by atoms with E-state index >= 15 is 0 Å². The van der Waals surface area contributed by atoms with Gasteiger partial charge in [-0.3, -0.25) is 0 Å². The molecule has 1 aliphatic rings. The number of aromatic nitrogens is 1. The van der Waals surface area contributed by atoms with Crippen LogP contribution in [0.2, 0.25) is 0 Å². The van der Waals surface area contributed by atoms with Gasteiger partial charge in [0.05, 0.1) is 28.4 Å². The smallest absolute Gasteiger partial charge is 0.164 e. The molecule has 4 nitrogen and oxygen atoms in total. The molecule has 1 aliphatic heterocycles. The van der Waals surface area contributed by atoms with Gasteiger partial charge in [0.1, 0.15) is 0 Å². The van der Waals surface area contributed by atoms with Crippen molar-refractivity contribution >= 4 is 32.9 Å². The maximum atomic E-state index is 10.7. The van der Waals surface area contributed by atoms with Crippen molar-refractivity contribution in [2.24, 2.45) is 4.99 Å². The van der Waals surface area contributed by atoms with Crippen molar-refractivity contribution in [3.63, 3.8) is 0 Å². The quantitative estimate of drug-likeness (QED) is 0.878. The highest BCUT2D eigenvalue weighted by molar-refractivity contribution is 8.41. The van der Waals surface area contributed by atoms with Crippen LogP contribution in [0.25, 0.3) is 0 Å². The SMILES string of the molecule is OCc1csc(S2(O)C=Nc3ccccc32)n1. The molecule has 1 aromatic carbocycles. The molecule has 0 amide bonds. The first kappa shape index (κ1) is 10.9. The maximum Gasteiger partial charge on any atom is 0.164 e. The van der Waals surface area contributed by atoms with Gasteiger partial charge in [-0.2, -0.15) is 0 Å². The van der Waals surface area contributed by atoms with E-state index in [0.29, 0.717) is 10.0 Å². The standard InChI is InChI=1S/C11H10N2O2S2/c14-5-8-6-16-11(13-8)17(15)7-12-9-3-1-2-4-10(9)17/h1-4,6-7,14-15H,5H2. The third kappa shape index (κ3) is 1.61. The molecule has 0 fully saturated rings. The number of nitrogens with zero attached hydrogens (tertiary/aromatic N) is 2. The van der Waals surface area contributed by atoms with Crippen molar-refractivity contribution in [3.05, 3.63) is 35.3 Å². The Labute approximate surface area is 104 Å². The fraction of sp³-hybridized carbons (Fsp3) is 0.0909. The van der Waals surface area contributed by atoms with Crippen LogP contribution in [0.3, 0.4) is 0 Å². The molecule has 17 heavy (non-hydrogen) atoms. The molecule has 1 atom stereocenters. The number of hydrogen-bond donors (Lipinski definition) is 2. The van der Waals surface area contributed by atoms with Crippen LogP contribution in [0, 0.1) is 0 Å². The summed E-state index contributed by atoms with van der Waals surface area (Å²) < 4.78 is 11.3. The molecule has 6 heteroatoms. The zero-order valence-electron chi connectivity index (χ0n) is 8.78. The first-order valence-electron chi connectivity index (χ1n) is 4.98. The first-order valence-corrected chi connectivity index (χ1v) is 7.51. The van der Waals surface area contributed by atoms with Crippen LogP contribution in [0.4, 0.5) is 5.69 Å². The third-order valence-electron chi connectivity index (χ3n) is 2.50. The summed E-state index contributed by atoms with van der Waals surface area (Å²) >= 11 is 1.36. The minimum absolute atomic E-state index is 0.106. The van der Waals surface area contributed by atoms with E-state index in [1.165, 1.54) is 11.3 Å². The fourth-order valence-electron chi connectivity index (χ4n) is 1.66. The summed E-state index contributed by atoms with van der Waals surface area (Å²) in [6.07, 6.45) is 0. The van der Waals surface area contributed by atoms with E-state index < -0.39 is 10.3 Å². The number of benzene rings is 1. The Hall–Kier alpha value is -1.21. The van der Waals surface area contributed by atoms with Crippen LogP contribution >= 0.6 is 21.6 Å². The molecule has 0 radical (unpaired) electrons. The third-order valence-corrected chi connectivity index (χ3v) is 6.29. The van der Waals surface area contributed by atoms with E-state index in [2.05, 4.69) is 9.98 Å². The topological polar surface area (TPSA) is 65.7 Å². The maximum absolute atomic E-state index is 10.7. The zero-order chi connectivity index (χ0) is 11.9. The van der Waals surface area contributed by atoms with Crippen molar-refractivity contribution in [1.29, 1.82) is 0 Å². The summed E-state index contributed by atoms with van der Waals surface area (Å²) in [7, 11) is -2.23. The molecular formula is C11H10N2O2S2. The molecule has 2 aromatic rings. The van der Waals surface area contributed by atoms with Crippen LogP contribution in [-0.4, -0.2) is 20.2 Å². The Morgan fingerprint density at radius 1 is 1.29 bits per heavy atom. The lowest BCUT2D eigenvalue weighted by molar-refractivity contribution is 0.277. The van der Waals surface area contributed by atoms with Crippen LogP contribution < -0.4 is 0 Å². The largest absolute Gasteiger partial charge is 0.390 e. The lowest BCUT2D eigenvalue weighted by Crippen LogP contribution is -1.98. The predicted molar refractivity (Wildman–Crippen MR) is 69.4 cm³/mol. The Balaban J connectivity index is 2.12. The Kier molecular flexibility index (Phi) is 2.52. The number of fused-ring (bicyclic) bond motifs is 1. The van der Waals surface area contributed by atoms with Gasteiger partial charge in [0.15, 0.2) is 4.34 Å². The van der Waals surface area contributed by atoms with Gasteiger partial charge in [0.25, 0.3) is 0 Å². The molecule has 0 aliphatic carbocycles. The molecular weight excluding hydrogens is 256 g/mol. The molecule has 0 saturated carbocycles. The summed E-state index contributed by atoms with van der Waals surface area (Å²) in [5.74, 6) is 0. The fourth-order valence-corrected chi connectivity index (χ4v) is 4.96. The highest BCUT2D eigenvalue weighted by atomic mass is 32.3. The van der Waals surface area contributed by atoms with Crippen LogP contribution in [0.15, 0.2) is 43.9 Å². The van der Waals surface area contributed by atoms with Gasteiger partial charge in [-0.1, -0.05) is 12.1 Å². The van der Waals surface area contributed by atoms with Crippen LogP contribution in [-0.2, 0) is 6.61 Å². The van der Waals surface area contributed by atoms with Crippen molar-refractivity contribution in [1.82, 2.24) is 4.98 Å². The normalized spacial score (nSPS) is 25.5. The second kappa shape index (κ2) is 3.92. The van der Waals surface area contributed by atoms with Gasteiger partial charge in [-0.15, -0.1) is 11.3 Å². The molecule has 0 bridgehead atoms. The lowest BCUT2D eigenvalue weighted by Gasteiger charge is -2.23. The number of para-hydroxylation sites is 1. The summed E-state index contributed by atoms with van der Waals surface area (Å²) in [5.41, 5.74) is 2.96. The number of thiazole rings is 1. The van der Waals surface area contributed by atoms with Gasteiger partial charge in [-0.25, -0.2) is 9.98 Å².